The molecule has 0 saturated carbocycles. The summed E-state index contributed by atoms with van der Waals surface area (Å²) in [5.74, 6) is -1.42. The van der Waals surface area contributed by atoms with E-state index in [2.05, 4.69) is 0 Å². The van der Waals surface area contributed by atoms with Gasteiger partial charge in [0.2, 0.25) is 6.29 Å². The van der Waals surface area contributed by atoms with Crippen LogP contribution in [0.2, 0.25) is 0 Å². The molecule has 2 heterocycles. The minimum Gasteiger partial charge on any atom is -0.453 e. The standard InChI is InChI=1S/C35H32O8/c36-33-27-18-10-11-19-28(27)34(37)43-35-32(40-22-26-16-8-3-9-17-26)31(39-21-25-14-6-2-7-15-25)30(42-33)29(41-35)23-38-20-24-12-4-1-5-13-24/h1-19,29-32,35H,20-23H2/t29-,30+,31+,32-,35+/m1/s1. The van der Waals surface area contributed by atoms with Crippen LogP contribution in [0.15, 0.2) is 115 Å². The first-order chi connectivity index (χ1) is 21.2. The lowest BCUT2D eigenvalue weighted by Gasteiger charge is -2.45. The molecule has 4 aromatic carbocycles. The summed E-state index contributed by atoms with van der Waals surface area (Å²) in [5, 5.41) is 0. The van der Waals surface area contributed by atoms with E-state index in [-0.39, 0.29) is 30.9 Å². The van der Waals surface area contributed by atoms with Crippen LogP contribution < -0.4 is 0 Å². The molecule has 0 amide bonds. The van der Waals surface area contributed by atoms with Crippen molar-refractivity contribution in [3.8, 4) is 0 Å². The Labute approximate surface area is 250 Å². The Morgan fingerprint density at radius 2 is 1.00 bits per heavy atom. The van der Waals surface area contributed by atoms with Crippen LogP contribution in [0.4, 0.5) is 0 Å². The number of carbonyl (C=O) groups is 2. The van der Waals surface area contributed by atoms with E-state index < -0.39 is 42.6 Å². The van der Waals surface area contributed by atoms with Gasteiger partial charge in [-0.15, -0.1) is 0 Å². The quantitative estimate of drug-likeness (QED) is 0.228. The highest BCUT2D eigenvalue weighted by Crippen LogP contribution is 2.33. The van der Waals surface area contributed by atoms with Gasteiger partial charge in [0.1, 0.15) is 12.2 Å². The molecule has 0 aromatic heterocycles. The van der Waals surface area contributed by atoms with Gasteiger partial charge in [-0.1, -0.05) is 103 Å². The van der Waals surface area contributed by atoms with Crippen molar-refractivity contribution in [3.63, 3.8) is 0 Å². The molecule has 0 N–H and O–H groups in total. The fourth-order valence-corrected chi connectivity index (χ4v) is 5.21. The van der Waals surface area contributed by atoms with Gasteiger partial charge in [-0.05, 0) is 28.8 Å². The number of fused-ring (bicyclic) bond motifs is 4. The van der Waals surface area contributed by atoms with Crippen LogP contribution in [0.3, 0.4) is 0 Å². The molecule has 5 atom stereocenters. The number of hydrogen-bond donors (Lipinski definition) is 0. The van der Waals surface area contributed by atoms with Crippen molar-refractivity contribution in [1.29, 1.82) is 0 Å². The number of hydrogen-bond acceptors (Lipinski definition) is 8. The molecule has 8 heteroatoms. The second kappa shape index (κ2) is 13.8. The first kappa shape index (κ1) is 28.8. The third kappa shape index (κ3) is 7.01. The lowest BCUT2D eigenvalue weighted by atomic mass is 9.97. The van der Waals surface area contributed by atoms with Crippen LogP contribution >= 0.6 is 0 Å². The summed E-state index contributed by atoms with van der Waals surface area (Å²) in [7, 11) is 0. The highest BCUT2D eigenvalue weighted by molar-refractivity contribution is 6.03. The summed E-state index contributed by atoms with van der Waals surface area (Å²) in [6.45, 7) is 0.775. The van der Waals surface area contributed by atoms with E-state index >= 15 is 0 Å². The van der Waals surface area contributed by atoms with E-state index in [0.29, 0.717) is 6.61 Å². The lowest BCUT2D eigenvalue weighted by molar-refractivity contribution is -0.307. The minimum atomic E-state index is -1.16. The summed E-state index contributed by atoms with van der Waals surface area (Å²) >= 11 is 0. The van der Waals surface area contributed by atoms with Crippen molar-refractivity contribution < 1.29 is 38.0 Å². The Morgan fingerprint density at radius 1 is 0.535 bits per heavy atom. The van der Waals surface area contributed by atoms with Crippen molar-refractivity contribution in [1.82, 2.24) is 0 Å². The molecule has 2 aliphatic rings. The molecule has 2 aliphatic heterocycles. The molecule has 43 heavy (non-hydrogen) atoms. The normalized spacial score (nSPS) is 23.2. The Kier molecular flexibility index (Phi) is 9.20. The number of benzene rings is 4. The van der Waals surface area contributed by atoms with E-state index in [1.54, 1.807) is 18.2 Å². The molecule has 0 aliphatic carbocycles. The van der Waals surface area contributed by atoms with Crippen LogP contribution in [0.25, 0.3) is 0 Å². The molecule has 220 valence electrons. The molecule has 4 aromatic rings. The van der Waals surface area contributed by atoms with Crippen LogP contribution in [0.1, 0.15) is 37.4 Å². The van der Waals surface area contributed by atoms with Crippen molar-refractivity contribution in [3.05, 3.63) is 143 Å². The molecule has 2 bridgehead atoms. The number of esters is 2. The summed E-state index contributed by atoms with van der Waals surface area (Å²) in [6.07, 6.45) is -4.68. The zero-order chi connectivity index (χ0) is 29.4. The summed E-state index contributed by atoms with van der Waals surface area (Å²) < 4.78 is 37.3. The smallest absolute Gasteiger partial charge is 0.341 e. The maximum Gasteiger partial charge on any atom is 0.341 e. The molecule has 0 spiro atoms. The summed E-state index contributed by atoms with van der Waals surface area (Å²) in [5.41, 5.74) is 3.00. The second-order valence-electron chi connectivity index (χ2n) is 10.4. The monoisotopic (exact) mass is 580 g/mol. The molecular formula is C35H32O8. The fraction of sp³-hybridized carbons (Fsp3) is 0.257. The predicted octanol–water partition coefficient (Wildman–Crippen LogP) is 5.49. The molecular weight excluding hydrogens is 548 g/mol. The molecule has 0 radical (unpaired) electrons. The Balaban J connectivity index is 1.33. The third-order valence-electron chi connectivity index (χ3n) is 7.39. The van der Waals surface area contributed by atoms with E-state index in [4.69, 9.17) is 28.4 Å². The Hall–Kier alpha value is -4.34. The number of carbonyl (C=O) groups excluding carboxylic acids is 2. The highest BCUT2D eigenvalue weighted by atomic mass is 16.7. The number of ether oxygens (including phenoxy) is 6. The van der Waals surface area contributed by atoms with E-state index in [9.17, 15) is 9.59 Å². The largest absolute Gasteiger partial charge is 0.453 e. The maximum atomic E-state index is 13.6. The highest BCUT2D eigenvalue weighted by Gasteiger charge is 2.52. The van der Waals surface area contributed by atoms with Gasteiger partial charge in [0.25, 0.3) is 0 Å². The van der Waals surface area contributed by atoms with E-state index in [1.807, 2.05) is 91.0 Å². The van der Waals surface area contributed by atoms with Crippen LogP contribution in [0, 0.1) is 0 Å². The summed E-state index contributed by atoms with van der Waals surface area (Å²) in [4.78, 5) is 27.0. The average Bonchev–Trinajstić information content (AvgIpc) is 3.05. The van der Waals surface area contributed by atoms with Crippen molar-refractivity contribution >= 4 is 11.9 Å². The predicted molar refractivity (Wildman–Crippen MR) is 156 cm³/mol. The average molecular weight is 581 g/mol. The second-order valence-corrected chi connectivity index (χ2v) is 10.4. The molecule has 8 nitrogen and oxygen atoms in total. The van der Waals surface area contributed by atoms with Crippen LogP contribution in [-0.2, 0) is 48.2 Å². The van der Waals surface area contributed by atoms with Gasteiger partial charge in [-0.2, -0.15) is 0 Å². The zero-order valence-electron chi connectivity index (χ0n) is 23.5. The van der Waals surface area contributed by atoms with Gasteiger partial charge in [0.05, 0.1) is 37.6 Å². The lowest BCUT2D eigenvalue weighted by Crippen LogP contribution is -2.62. The van der Waals surface area contributed by atoms with Crippen LogP contribution in [-0.4, -0.2) is 49.3 Å². The fourth-order valence-electron chi connectivity index (χ4n) is 5.21. The van der Waals surface area contributed by atoms with Crippen molar-refractivity contribution in [2.24, 2.45) is 0 Å². The van der Waals surface area contributed by atoms with E-state index in [1.165, 1.54) is 6.07 Å². The first-order valence-electron chi connectivity index (χ1n) is 14.2. The molecule has 6 rings (SSSR count). The Morgan fingerprint density at radius 3 is 1.56 bits per heavy atom. The molecule has 0 unspecified atom stereocenters. The topological polar surface area (TPSA) is 89.5 Å². The zero-order valence-corrected chi connectivity index (χ0v) is 23.5. The minimum absolute atomic E-state index is 0.0547. The van der Waals surface area contributed by atoms with E-state index in [0.717, 1.165) is 16.7 Å². The Bertz CT molecular complexity index is 1490. The van der Waals surface area contributed by atoms with Gasteiger partial charge in [-0.3, -0.25) is 0 Å². The molecule has 1 saturated heterocycles. The first-order valence-corrected chi connectivity index (χ1v) is 14.2. The van der Waals surface area contributed by atoms with Crippen molar-refractivity contribution in [2.75, 3.05) is 6.61 Å². The van der Waals surface area contributed by atoms with Gasteiger partial charge >= 0.3 is 11.9 Å². The number of rotatable bonds is 10. The van der Waals surface area contributed by atoms with Crippen molar-refractivity contribution in [2.45, 2.75) is 50.5 Å². The molecule has 1 fully saturated rings. The third-order valence-corrected chi connectivity index (χ3v) is 7.39. The van der Waals surface area contributed by atoms with Crippen LogP contribution in [0.5, 0.6) is 0 Å². The maximum absolute atomic E-state index is 13.6. The van der Waals surface area contributed by atoms with Gasteiger partial charge in [0.15, 0.2) is 12.2 Å². The van der Waals surface area contributed by atoms with Gasteiger partial charge in [0, 0.05) is 0 Å². The van der Waals surface area contributed by atoms with Gasteiger partial charge < -0.3 is 28.4 Å². The summed E-state index contributed by atoms with van der Waals surface area (Å²) in [6, 6.07) is 35.4. The van der Waals surface area contributed by atoms with Gasteiger partial charge in [-0.25, -0.2) is 9.59 Å². The SMILES string of the molecule is O=C1O[C@@H]2O[C@H](COCc3ccccc3)[C@H](OC(=O)c3ccccc31)[C@H](OCc1ccccc1)[C@H]2OCc1ccccc1.